The SMILES string of the molecule is O=C1CCC(c2cnc(N3CCC4(CC3)CNC4)c(F)c2)C(=O)N1. The molecular formula is C17H21FN4O2. The minimum Gasteiger partial charge on any atom is -0.354 e. The van der Waals surface area contributed by atoms with E-state index in [1.807, 2.05) is 4.90 Å². The average molecular weight is 332 g/mol. The van der Waals surface area contributed by atoms with Crippen molar-refractivity contribution in [1.82, 2.24) is 15.6 Å². The summed E-state index contributed by atoms with van der Waals surface area (Å²) >= 11 is 0. The van der Waals surface area contributed by atoms with Crippen molar-refractivity contribution < 1.29 is 14.0 Å². The zero-order chi connectivity index (χ0) is 16.7. The first kappa shape index (κ1) is 15.5. The van der Waals surface area contributed by atoms with Gasteiger partial charge in [-0.1, -0.05) is 0 Å². The van der Waals surface area contributed by atoms with Crippen molar-refractivity contribution in [1.29, 1.82) is 0 Å². The Morgan fingerprint density at radius 3 is 2.58 bits per heavy atom. The Bertz CT molecular complexity index is 679. The molecule has 0 saturated carbocycles. The molecule has 1 aromatic heterocycles. The highest BCUT2D eigenvalue weighted by atomic mass is 19.1. The maximum Gasteiger partial charge on any atom is 0.234 e. The van der Waals surface area contributed by atoms with Crippen LogP contribution >= 0.6 is 0 Å². The molecule has 3 aliphatic rings. The van der Waals surface area contributed by atoms with Crippen LogP contribution in [0.5, 0.6) is 0 Å². The second kappa shape index (κ2) is 5.81. The quantitative estimate of drug-likeness (QED) is 0.788. The Kier molecular flexibility index (Phi) is 3.75. The highest BCUT2D eigenvalue weighted by Gasteiger charge is 2.40. The van der Waals surface area contributed by atoms with Gasteiger partial charge in [0.25, 0.3) is 0 Å². The molecule has 0 radical (unpaired) electrons. The third-order valence-corrected chi connectivity index (χ3v) is 5.61. The van der Waals surface area contributed by atoms with Gasteiger partial charge >= 0.3 is 0 Å². The number of anilines is 1. The van der Waals surface area contributed by atoms with Gasteiger partial charge in [0.1, 0.15) is 0 Å². The molecule has 1 spiro atoms. The summed E-state index contributed by atoms with van der Waals surface area (Å²) in [5.74, 6) is -1.15. The summed E-state index contributed by atoms with van der Waals surface area (Å²) in [4.78, 5) is 29.4. The summed E-state index contributed by atoms with van der Waals surface area (Å²) < 4.78 is 14.6. The Hall–Kier alpha value is -2.02. The number of carbonyl (C=O) groups is 2. The zero-order valence-corrected chi connectivity index (χ0v) is 13.5. The number of hydrogen-bond donors (Lipinski definition) is 2. The maximum absolute atomic E-state index is 14.6. The lowest BCUT2D eigenvalue weighted by molar-refractivity contribution is -0.134. The van der Waals surface area contributed by atoms with Gasteiger partial charge in [-0.3, -0.25) is 14.9 Å². The smallest absolute Gasteiger partial charge is 0.234 e. The van der Waals surface area contributed by atoms with Crippen LogP contribution in [-0.2, 0) is 9.59 Å². The van der Waals surface area contributed by atoms with Gasteiger partial charge in [0.05, 0.1) is 5.92 Å². The predicted octanol–water partition coefficient (Wildman–Crippen LogP) is 0.931. The minimum absolute atomic E-state index is 0.269. The van der Waals surface area contributed by atoms with Crippen LogP contribution in [0.2, 0.25) is 0 Å². The second-order valence-electron chi connectivity index (χ2n) is 7.17. The van der Waals surface area contributed by atoms with Gasteiger partial charge in [0, 0.05) is 38.8 Å². The summed E-state index contributed by atoms with van der Waals surface area (Å²) in [6, 6.07) is 1.40. The summed E-state index contributed by atoms with van der Waals surface area (Å²) in [6.07, 6.45) is 4.37. The largest absolute Gasteiger partial charge is 0.354 e. The molecule has 128 valence electrons. The van der Waals surface area contributed by atoms with Crippen molar-refractivity contribution in [2.24, 2.45) is 5.41 Å². The molecule has 1 unspecified atom stereocenters. The third-order valence-electron chi connectivity index (χ3n) is 5.61. The van der Waals surface area contributed by atoms with Crippen LogP contribution in [0.3, 0.4) is 0 Å². The van der Waals surface area contributed by atoms with Crippen molar-refractivity contribution in [3.05, 3.63) is 23.6 Å². The molecule has 4 rings (SSSR count). The van der Waals surface area contributed by atoms with E-state index in [1.165, 1.54) is 6.07 Å². The molecule has 2 amide bonds. The third kappa shape index (κ3) is 2.66. The summed E-state index contributed by atoms with van der Waals surface area (Å²) in [5.41, 5.74) is 0.942. The van der Waals surface area contributed by atoms with E-state index in [0.717, 1.165) is 39.0 Å². The fourth-order valence-corrected chi connectivity index (χ4v) is 3.91. The van der Waals surface area contributed by atoms with Crippen molar-refractivity contribution in [3.63, 3.8) is 0 Å². The van der Waals surface area contributed by atoms with Gasteiger partial charge in [-0.2, -0.15) is 0 Å². The van der Waals surface area contributed by atoms with Crippen LogP contribution in [0.1, 0.15) is 37.2 Å². The van der Waals surface area contributed by atoms with Crippen molar-refractivity contribution in [3.8, 4) is 0 Å². The lowest BCUT2D eigenvalue weighted by Gasteiger charge is -2.48. The van der Waals surface area contributed by atoms with E-state index in [0.29, 0.717) is 23.2 Å². The molecule has 6 nitrogen and oxygen atoms in total. The fourth-order valence-electron chi connectivity index (χ4n) is 3.91. The van der Waals surface area contributed by atoms with E-state index in [1.54, 1.807) is 6.20 Å². The standard InChI is InChI=1S/C17H21FN4O2/c18-13-7-11(12-1-2-14(23)21-16(12)24)8-20-15(13)22-5-3-17(4-6-22)9-19-10-17/h7-8,12,19H,1-6,9-10H2,(H,21,23,24). The number of nitrogens with one attached hydrogen (secondary N) is 2. The molecule has 24 heavy (non-hydrogen) atoms. The molecule has 2 N–H and O–H groups in total. The molecule has 3 fully saturated rings. The normalized spacial score (nSPS) is 26.2. The molecule has 3 aliphatic heterocycles. The van der Waals surface area contributed by atoms with E-state index < -0.39 is 5.92 Å². The molecule has 0 bridgehead atoms. The summed E-state index contributed by atoms with van der Waals surface area (Å²) in [6.45, 7) is 3.74. The van der Waals surface area contributed by atoms with Crippen LogP contribution in [-0.4, -0.2) is 43.0 Å². The van der Waals surface area contributed by atoms with Crippen LogP contribution in [0.25, 0.3) is 0 Å². The highest BCUT2D eigenvalue weighted by Crippen LogP contribution is 2.37. The first-order valence-corrected chi connectivity index (χ1v) is 8.51. The van der Waals surface area contributed by atoms with Gasteiger partial charge in [-0.15, -0.1) is 0 Å². The van der Waals surface area contributed by atoms with E-state index in [2.05, 4.69) is 15.6 Å². The Morgan fingerprint density at radius 1 is 1.25 bits per heavy atom. The monoisotopic (exact) mass is 332 g/mol. The number of halogens is 1. The molecule has 1 atom stereocenters. The number of imide groups is 1. The van der Waals surface area contributed by atoms with Gasteiger partial charge in [0.2, 0.25) is 11.8 Å². The Balaban J connectivity index is 1.48. The molecule has 0 aliphatic carbocycles. The minimum atomic E-state index is -0.496. The topological polar surface area (TPSA) is 74.3 Å². The van der Waals surface area contributed by atoms with E-state index in [-0.39, 0.29) is 24.1 Å². The molecule has 3 saturated heterocycles. The van der Waals surface area contributed by atoms with Gasteiger partial charge in [0.15, 0.2) is 11.6 Å². The number of carbonyl (C=O) groups excluding carboxylic acids is 2. The van der Waals surface area contributed by atoms with Crippen LogP contribution < -0.4 is 15.5 Å². The van der Waals surface area contributed by atoms with Gasteiger partial charge in [-0.25, -0.2) is 9.37 Å². The van der Waals surface area contributed by atoms with Crippen molar-refractivity contribution >= 4 is 17.6 Å². The average Bonchev–Trinajstić information content (AvgIpc) is 2.53. The molecule has 4 heterocycles. The van der Waals surface area contributed by atoms with Crippen LogP contribution in [0.15, 0.2) is 12.3 Å². The number of rotatable bonds is 2. The zero-order valence-electron chi connectivity index (χ0n) is 13.5. The first-order valence-electron chi connectivity index (χ1n) is 8.51. The maximum atomic E-state index is 14.6. The molecule has 0 aromatic carbocycles. The first-order chi connectivity index (χ1) is 11.6. The van der Waals surface area contributed by atoms with E-state index in [4.69, 9.17) is 0 Å². The lowest BCUT2D eigenvalue weighted by Crippen LogP contribution is -2.58. The fraction of sp³-hybridized carbons (Fsp3) is 0.588. The number of amides is 2. The number of pyridine rings is 1. The number of hydrogen-bond acceptors (Lipinski definition) is 5. The number of nitrogens with zero attached hydrogens (tertiary/aromatic N) is 2. The van der Waals surface area contributed by atoms with Crippen molar-refractivity contribution in [2.75, 3.05) is 31.1 Å². The lowest BCUT2D eigenvalue weighted by atomic mass is 9.73. The number of piperidine rings is 2. The summed E-state index contributed by atoms with van der Waals surface area (Å²) in [5, 5.41) is 5.62. The van der Waals surface area contributed by atoms with Gasteiger partial charge in [-0.05, 0) is 36.3 Å². The second-order valence-corrected chi connectivity index (χ2v) is 7.17. The predicted molar refractivity (Wildman–Crippen MR) is 86.1 cm³/mol. The number of aromatic nitrogens is 1. The Labute approximate surface area is 139 Å². The van der Waals surface area contributed by atoms with Crippen LogP contribution in [0.4, 0.5) is 10.2 Å². The van der Waals surface area contributed by atoms with E-state index >= 15 is 0 Å². The molecular weight excluding hydrogens is 311 g/mol. The summed E-state index contributed by atoms with van der Waals surface area (Å²) in [7, 11) is 0. The van der Waals surface area contributed by atoms with Crippen molar-refractivity contribution in [2.45, 2.75) is 31.6 Å². The van der Waals surface area contributed by atoms with E-state index in [9.17, 15) is 14.0 Å². The molecule has 7 heteroatoms. The molecule has 1 aromatic rings. The van der Waals surface area contributed by atoms with Crippen LogP contribution in [0, 0.1) is 11.2 Å². The Morgan fingerprint density at radius 2 is 2.00 bits per heavy atom. The highest BCUT2D eigenvalue weighted by molar-refractivity contribution is 6.00. The van der Waals surface area contributed by atoms with Gasteiger partial charge < -0.3 is 10.2 Å².